The fourth-order valence-electron chi connectivity index (χ4n) is 1.11. The first-order valence-electron chi connectivity index (χ1n) is 3.49. The largest absolute Gasteiger partial charge is 0.0609 e. The minimum absolute atomic E-state index is 1.27. The van der Waals surface area contributed by atoms with Crippen LogP contribution in [0.2, 0.25) is 0 Å². The monoisotopic (exact) mass is 262 g/mol. The molecule has 2 heteroatoms. The predicted molar refractivity (Wildman–Crippen MR) is 57.5 cm³/mol. The van der Waals surface area contributed by atoms with Gasteiger partial charge in [-0.05, 0) is 52.8 Å². The number of benzene rings is 1. The summed E-state index contributed by atoms with van der Waals surface area (Å²) in [4.78, 5) is 0. The van der Waals surface area contributed by atoms with Crippen LogP contribution in [0.4, 0.5) is 0 Å². The van der Waals surface area contributed by atoms with E-state index >= 15 is 0 Å². The minimum atomic E-state index is 1.27. The SMILES string of the molecule is Cc1cccc(I)c1C[SiH3]. The van der Waals surface area contributed by atoms with Gasteiger partial charge in [-0.1, -0.05) is 12.1 Å². The van der Waals surface area contributed by atoms with Gasteiger partial charge in [0.05, 0.1) is 0 Å². The van der Waals surface area contributed by atoms with Crippen molar-refractivity contribution in [2.75, 3.05) is 0 Å². The molecule has 1 rings (SSSR count). The second kappa shape index (κ2) is 3.53. The van der Waals surface area contributed by atoms with Gasteiger partial charge in [-0.25, -0.2) is 0 Å². The lowest BCUT2D eigenvalue weighted by Gasteiger charge is -2.03. The van der Waals surface area contributed by atoms with E-state index in [1.165, 1.54) is 25.4 Å². The van der Waals surface area contributed by atoms with Crippen LogP contribution >= 0.6 is 22.6 Å². The molecule has 0 fully saturated rings. The van der Waals surface area contributed by atoms with E-state index in [-0.39, 0.29) is 0 Å². The number of rotatable bonds is 1. The molecule has 0 aliphatic carbocycles. The molecule has 0 unspecified atom stereocenters. The van der Waals surface area contributed by atoms with E-state index in [0.29, 0.717) is 0 Å². The quantitative estimate of drug-likeness (QED) is 0.531. The third kappa shape index (κ3) is 1.60. The van der Waals surface area contributed by atoms with Crippen LogP contribution in [-0.2, 0) is 6.04 Å². The van der Waals surface area contributed by atoms with E-state index in [1.54, 1.807) is 5.56 Å². The van der Waals surface area contributed by atoms with E-state index in [9.17, 15) is 0 Å². The molecule has 0 saturated carbocycles. The Hall–Kier alpha value is 0.167. The molecule has 10 heavy (non-hydrogen) atoms. The molecular weight excluding hydrogens is 251 g/mol. The van der Waals surface area contributed by atoms with Crippen molar-refractivity contribution >= 4 is 32.8 Å². The molecule has 0 aromatic heterocycles. The standard InChI is InChI=1S/C8H11ISi/c1-6-3-2-4-8(9)7(6)5-10/h2-4H,5H2,1,10H3. The van der Waals surface area contributed by atoms with E-state index < -0.39 is 0 Å². The highest BCUT2D eigenvalue weighted by Gasteiger charge is 1.97. The van der Waals surface area contributed by atoms with Gasteiger partial charge in [0.15, 0.2) is 0 Å². The average molecular weight is 262 g/mol. The smallest absolute Gasteiger partial charge is 0.0161 e. The van der Waals surface area contributed by atoms with Crippen LogP contribution in [0.25, 0.3) is 0 Å². The van der Waals surface area contributed by atoms with E-state index in [2.05, 4.69) is 47.7 Å². The van der Waals surface area contributed by atoms with E-state index in [4.69, 9.17) is 0 Å². The van der Waals surface area contributed by atoms with E-state index in [1.807, 2.05) is 0 Å². The summed E-state index contributed by atoms with van der Waals surface area (Å²) < 4.78 is 1.42. The van der Waals surface area contributed by atoms with Gasteiger partial charge in [-0.3, -0.25) is 0 Å². The summed E-state index contributed by atoms with van der Waals surface area (Å²) in [6, 6.07) is 7.78. The molecule has 0 bridgehead atoms. The average Bonchev–Trinajstić information content (AvgIpc) is 1.88. The van der Waals surface area contributed by atoms with E-state index in [0.717, 1.165) is 0 Å². The van der Waals surface area contributed by atoms with Crippen LogP contribution in [0.15, 0.2) is 18.2 Å². The lowest BCUT2D eigenvalue weighted by molar-refractivity contribution is 1.27. The molecule has 0 spiro atoms. The Bertz CT molecular complexity index is 212. The van der Waals surface area contributed by atoms with Crippen LogP contribution in [-0.4, -0.2) is 10.2 Å². The molecule has 0 aliphatic heterocycles. The van der Waals surface area contributed by atoms with Crippen molar-refractivity contribution in [1.82, 2.24) is 0 Å². The molecular formula is C8H11ISi. The Morgan fingerprint density at radius 2 is 2.20 bits per heavy atom. The van der Waals surface area contributed by atoms with Crippen LogP contribution in [0.5, 0.6) is 0 Å². The Morgan fingerprint density at radius 1 is 1.50 bits per heavy atom. The van der Waals surface area contributed by atoms with Crippen LogP contribution in [0, 0.1) is 10.5 Å². The zero-order chi connectivity index (χ0) is 7.56. The second-order valence-corrected chi connectivity index (χ2v) is 4.26. The van der Waals surface area contributed by atoms with Gasteiger partial charge >= 0.3 is 0 Å². The third-order valence-corrected chi connectivity index (χ3v) is 3.42. The summed E-state index contributed by atoms with van der Waals surface area (Å²) in [7, 11) is 1.27. The normalized spacial score (nSPS) is 10.2. The summed E-state index contributed by atoms with van der Waals surface area (Å²) in [6.07, 6.45) is 0. The molecule has 0 nitrogen and oxygen atoms in total. The van der Waals surface area contributed by atoms with Crippen LogP contribution in [0.1, 0.15) is 11.1 Å². The van der Waals surface area contributed by atoms with Crippen LogP contribution in [0.3, 0.4) is 0 Å². The lowest BCUT2D eigenvalue weighted by Crippen LogP contribution is -1.91. The summed E-state index contributed by atoms with van der Waals surface area (Å²) in [5.41, 5.74) is 3.00. The van der Waals surface area contributed by atoms with Crippen molar-refractivity contribution in [3.05, 3.63) is 32.9 Å². The third-order valence-electron chi connectivity index (χ3n) is 1.71. The zero-order valence-corrected chi connectivity index (χ0v) is 10.5. The predicted octanol–water partition coefficient (Wildman–Crippen LogP) is 1.47. The van der Waals surface area contributed by atoms with Crippen molar-refractivity contribution in [2.24, 2.45) is 0 Å². The number of hydrogen-bond acceptors (Lipinski definition) is 0. The molecule has 0 heterocycles. The van der Waals surface area contributed by atoms with Crippen molar-refractivity contribution in [1.29, 1.82) is 0 Å². The molecule has 0 amide bonds. The highest BCUT2D eigenvalue weighted by Crippen LogP contribution is 2.15. The lowest BCUT2D eigenvalue weighted by atomic mass is 10.1. The maximum absolute atomic E-state index is 2.41. The fraction of sp³-hybridized carbons (Fsp3) is 0.250. The molecule has 0 N–H and O–H groups in total. The van der Waals surface area contributed by atoms with Gasteiger partial charge in [0.2, 0.25) is 0 Å². The number of halogens is 1. The molecule has 54 valence electrons. The number of aryl methyl sites for hydroxylation is 1. The molecule has 0 aliphatic rings. The van der Waals surface area contributed by atoms with Gasteiger partial charge in [0.25, 0.3) is 0 Å². The molecule has 0 atom stereocenters. The van der Waals surface area contributed by atoms with Gasteiger partial charge in [0, 0.05) is 13.8 Å². The van der Waals surface area contributed by atoms with Gasteiger partial charge in [-0.15, -0.1) is 0 Å². The Balaban J connectivity index is 3.17. The molecule has 0 radical (unpaired) electrons. The van der Waals surface area contributed by atoms with Crippen molar-refractivity contribution in [3.63, 3.8) is 0 Å². The Labute approximate surface area is 78.6 Å². The highest BCUT2D eigenvalue weighted by molar-refractivity contribution is 14.1. The first-order chi connectivity index (χ1) is 4.75. The fourth-order valence-corrected chi connectivity index (χ4v) is 3.79. The van der Waals surface area contributed by atoms with Crippen molar-refractivity contribution in [2.45, 2.75) is 13.0 Å². The summed E-state index contributed by atoms with van der Waals surface area (Å²) >= 11 is 2.41. The van der Waals surface area contributed by atoms with Crippen LogP contribution < -0.4 is 0 Å². The van der Waals surface area contributed by atoms with Crippen molar-refractivity contribution in [3.8, 4) is 0 Å². The second-order valence-electron chi connectivity index (χ2n) is 2.39. The van der Waals surface area contributed by atoms with Gasteiger partial charge in [-0.2, -0.15) is 0 Å². The highest BCUT2D eigenvalue weighted by atomic mass is 127. The summed E-state index contributed by atoms with van der Waals surface area (Å²) in [6.45, 7) is 2.19. The first-order valence-corrected chi connectivity index (χ1v) is 5.99. The summed E-state index contributed by atoms with van der Waals surface area (Å²) in [5, 5.41) is 0. The molecule has 1 aromatic rings. The van der Waals surface area contributed by atoms with Gasteiger partial charge in [0.1, 0.15) is 0 Å². The minimum Gasteiger partial charge on any atom is -0.0609 e. The topological polar surface area (TPSA) is 0 Å². The Morgan fingerprint density at radius 3 is 2.60 bits per heavy atom. The maximum atomic E-state index is 2.41. The first kappa shape index (κ1) is 8.27. The molecule has 0 saturated heterocycles. The number of hydrogen-bond donors (Lipinski definition) is 0. The molecule has 1 aromatic carbocycles. The zero-order valence-electron chi connectivity index (χ0n) is 6.32. The van der Waals surface area contributed by atoms with Gasteiger partial charge < -0.3 is 0 Å². The maximum Gasteiger partial charge on any atom is 0.0161 e. The Kier molecular flexibility index (Phi) is 2.91. The van der Waals surface area contributed by atoms with Crippen molar-refractivity contribution < 1.29 is 0 Å². The summed E-state index contributed by atoms with van der Waals surface area (Å²) in [5.74, 6) is 0.